The third-order valence-electron chi connectivity index (χ3n) is 2.35. The topological polar surface area (TPSA) is 74.6 Å². The van der Waals surface area contributed by atoms with Crippen molar-refractivity contribution in [2.24, 2.45) is 0 Å². The maximum absolute atomic E-state index is 9.01. The molecule has 0 saturated carbocycles. The van der Waals surface area contributed by atoms with Crippen molar-refractivity contribution in [2.75, 3.05) is 18.0 Å². The Morgan fingerprint density at radius 2 is 1.47 bits per heavy atom. The molecule has 0 unspecified atom stereocenters. The van der Waals surface area contributed by atoms with Gasteiger partial charge in [0.15, 0.2) is 0 Å². The van der Waals surface area contributed by atoms with E-state index in [2.05, 4.69) is 18.2 Å². The first-order valence-corrected chi connectivity index (χ1v) is 6.31. The monoisotopic (exact) mass is 254 g/mol. The molecule has 0 N–H and O–H groups in total. The van der Waals surface area contributed by atoms with Gasteiger partial charge in [-0.1, -0.05) is 26.0 Å². The fraction of sp³-hybridized carbons (Fsp3) is 0.400. The van der Waals surface area contributed by atoms with Crippen molar-refractivity contribution in [1.82, 2.24) is 0 Å². The third-order valence-corrected chi connectivity index (χ3v) is 2.35. The zero-order valence-corrected chi connectivity index (χ0v) is 11.4. The van der Waals surface area contributed by atoms with Crippen LogP contribution in [0.15, 0.2) is 24.3 Å². The zero-order valence-electron chi connectivity index (χ0n) is 11.4. The summed E-state index contributed by atoms with van der Waals surface area (Å²) in [5.41, 5.74) is 1.36. The standard InChI is InChI=1S/C13H12N4.C2H6/c14-7-3-9-17(10-4-8-15)13-6-2-1-5-12(13)11-16;1-2/h1-2,5-6H,3-4,9-10H2;1-2H3. The van der Waals surface area contributed by atoms with Crippen LogP contribution in [0.2, 0.25) is 0 Å². The minimum absolute atomic E-state index is 0.380. The predicted octanol–water partition coefficient (Wildman–Crippen LogP) is 3.22. The van der Waals surface area contributed by atoms with E-state index in [4.69, 9.17) is 15.8 Å². The summed E-state index contributed by atoms with van der Waals surface area (Å²) in [4.78, 5) is 1.91. The molecular formula is C15H18N4. The molecule has 98 valence electrons. The Morgan fingerprint density at radius 3 is 1.95 bits per heavy atom. The first kappa shape index (κ1) is 16.5. The SMILES string of the molecule is CC.N#CCCN(CCC#N)c1ccccc1C#N. The smallest absolute Gasteiger partial charge is 0.101 e. The number of benzene rings is 1. The van der Waals surface area contributed by atoms with Crippen LogP contribution >= 0.6 is 0 Å². The third kappa shape index (κ3) is 5.57. The van der Waals surface area contributed by atoms with Gasteiger partial charge in [0.1, 0.15) is 6.07 Å². The van der Waals surface area contributed by atoms with Crippen molar-refractivity contribution in [3.8, 4) is 18.2 Å². The van der Waals surface area contributed by atoms with Crippen LogP contribution in [-0.2, 0) is 0 Å². The lowest BCUT2D eigenvalue weighted by molar-refractivity contribution is 0.795. The highest BCUT2D eigenvalue weighted by Gasteiger charge is 2.09. The lowest BCUT2D eigenvalue weighted by Gasteiger charge is -2.23. The fourth-order valence-electron chi connectivity index (χ4n) is 1.57. The van der Waals surface area contributed by atoms with Crippen LogP contribution in [0.1, 0.15) is 32.3 Å². The van der Waals surface area contributed by atoms with E-state index in [-0.39, 0.29) is 0 Å². The normalized spacial score (nSPS) is 8.16. The lowest BCUT2D eigenvalue weighted by Crippen LogP contribution is -2.26. The van der Waals surface area contributed by atoms with Gasteiger partial charge in [-0.05, 0) is 12.1 Å². The van der Waals surface area contributed by atoms with Gasteiger partial charge in [-0.15, -0.1) is 0 Å². The van der Waals surface area contributed by atoms with E-state index in [0.29, 0.717) is 31.5 Å². The first-order chi connectivity index (χ1) is 9.33. The highest BCUT2D eigenvalue weighted by molar-refractivity contribution is 5.59. The van der Waals surface area contributed by atoms with E-state index in [1.807, 2.05) is 30.9 Å². The van der Waals surface area contributed by atoms with Gasteiger partial charge in [0.2, 0.25) is 0 Å². The Labute approximate surface area is 115 Å². The minimum Gasteiger partial charge on any atom is -0.368 e. The second kappa shape index (κ2) is 10.6. The van der Waals surface area contributed by atoms with Crippen molar-refractivity contribution < 1.29 is 0 Å². The Hall–Kier alpha value is -2.51. The van der Waals surface area contributed by atoms with Crippen LogP contribution in [-0.4, -0.2) is 13.1 Å². The summed E-state index contributed by atoms with van der Waals surface area (Å²) in [5, 5.41) is 26.2. The summed E-state index contributed by atoms with van der Waals surface area (Å²) in [7, 11) is 0. The van der Waals surface area contributed by atoms with Crippen molar-refractivity contribution in [3.05, 3.63) is 29.8 Å². The zero-order chi connectivity index (χ0) is 14.5. The van der Waals surface area contributed by atoms with Crippen LogP contribution in [0, 0.1) is 34.0 Å². The molecule has 0 fully saturated rings. The molecule has 0 aliphatic rings. The van der Waals surface area contributed by atoms with Crippen LogP contribution < -0.4 is 4.90 Å². The largest absolute Gasteiger partial charge is 0.368 e. The van der Waals surface area contributed by atoms with Gasteiger partial charge >= 0.3 is 0 Å². The van der Waals surface area contributed by atoms with Gasteiger partial charge in [0.25, 0.3) is 0 Å². The van der Waals surface area contributed by atoms with Crippen molar-refractivity contribution in [3.63, 3.8) is 0 Å². The number of rotatable bonds is 5. The van der Waals surface area contributed by atoms with Gasteiger partial charge in [-0.2, -0.15) is 15.8 Å². The highest BCUT2D eigenvalue weighted by atomic mass is 15.1. The lowest BCUT2D eigenvalue weighted by atomic mass is 10.1. The molecule has 19 heavy (non-hydrogen) atoms. The molecular weight excluding hydrogens is 236 g/mol. The van der Waals surface area contributed by atoms with Gasteiger partial charge in [0, 0.05) is 13.1 Å². The van der Waals surface area contributed by atoms with E-state index in [0.717, 1.165) is 5.69 Å². The average molecular weight is 254 g/mol. The van der Waals surface area contributed by atoms with Gasteiger partial charge < -0.3 is 4.90 Å². The molecule has 0 aliphatic heterocycles. The second-order valence-electron chi connectivity index (χ2n) is 3.43. The molecule has 0 heterocycles. The fourth-order valence-corrected chi connectivity index (χ4v) is 1.57. The van der Waals surface area contributed by atoms with E-state index in [9.17, 15) is 0 Å². The van der Waals surface area contributed by atoms with Crippen molar-refractivity contribution in [1.29, 1.82) is 15.8 Å². The molecule has 0 aliphatic carbocycles. The Kier molecular flexibility index (Phi) is 9.23. The number of hydrogen-bond donors (Lipinski definition) is 0. The molecule has 1 rings (SSSR count). The molecule has 0 aromatic heterocycles. The maximum atomic E-state index is 9.01. The van der Waals surface area contributed by atoms with Crippen LogP contribution in [0.5, 0.6) is 0 Å². The number of nitriles is 3. The van der Waals surface area contributed by atoms with Crippen molar-refractivity contribution in [2.45, 2.75) is 26.7 Å². The summed E-state index contributed by atoms with van der Waals surface area (Å²) in [6.07, 6.45) is 0.760. The molecule has 0 amide bonds. The molecule has 1 aromatic carbocycles. The van der Waals surface area contributed by atoms with Crippen LogP contribution in [0.25, 0.3) is 0 Å². The van der Waals surface area contributed by atoms with Crippen LogP contribution in [0.3, 0.4) is 0 Å². The Bertz CT molecular complexity index is 470. The number of hydrogen-bond acceptors (Lipinski definition) is 4. The molecule has 0 bridgehead atoms. The Balaban J connectivity index is 0.00000154. The Morgan fingerprint density at radius 1 is 0.947 bits per heavy atom. The number of nitrogens with zero attached hydrogens (tertiary/aromatic N) is 4. The molecule has 0 spiro atoms. The first-order valence-electron chi connectivity index (χ1n) is 6.31. The van der Waals surface area contributed by atoms with E-state index >= 15 is 0 Å². The second-order valence-corrected chi connectivity index (χ2v) is 3.43. The van der Waals surface area contributed by atoms with Gasteiger partial charge in [-0.25, -0.2) is 0 Å². The summed E-state index contributed by atoms with van der Waals surface area (Å²) in [6.45, 7) is 5.08. The van der Waals surface area contributed by atoms with Gasteiger partial charge in [0.05, 0.1) is 36.2 Å². The molecule has 1 aromatic rings. The van der Waals surface area contributed by atoms with E-state index in [1.54, 1.807) is 12.1 Å². The van der Waals surface area contributed by atoms with Crippen LogP contribution in [0.4, 0.5) is 5.69 Å². The summed E-state index contributed by atoms with van der Waals surface area (Å²) in [6, 6.07) is 13.5. The molecule has 0 atom stereocenters. The van der Waals surface area contributed by atoms with Crippen molar-refractivity contribution >= 4 is 5.69 Å². The summed E-state index contributed by atoms with van der Waals surface area (Å²) < 4.78 is 0. The summed E-state index contributed by atoms with van der Waals surface area (Å²) in [5.74, 6) is 0. The minimum atomic E-state index is 0.380. The summed E-state index contributed by atoms with van der Waals surface area (Å²) >= 11 is 0. The molecule has 0 saturated heterocycles. The molecule has 4 heteroatoms. The van der Waals surface area contributed by atoms with E-state index < -0.39 is 0 Å². The number of anilines is 1. The quantitative estimate of drug-likeness (QED) is 0.808. The highest BCUT2D eigenvalue weighted by Crippen LogP contribution is 2.19. The average Bonchev–Trinajstić information content (AvgIpc) is 2.49. The van der Waals surface area contributed by atoms with Gasteiger partial charge in [-0.3, -0.25) is 0 Å². The van der Waals surface area contributed by atoms with E-state index in [1.165, 1.54) is 0 Å². The molecule has 4 nitrogen and oxygen atoms in total. The number of para-hydroxylation sites is 1. The predicted molar refractivity (Wildman–Crippen MR) is 75.2 cm³/mol. The maximum Gasteiger partial charge on any atom is 0.101 e. The molecule has 0 radical (unpaired) electrons.